The number of aromatic nitrogens is 6. The zero-order valence-corrected chi connectivity index (χ0v) is 17.6. The van der Waals surface area contributed by atoms with Crippen LogP contribution in [0.1, 0.15) is 11.1 Å². The molecule has 0 aliphatic rings. The number of tetrazole rings is 1. The van der Waals surface area contributed by atoms with E-state index in [2.05, 4.69) is 30.6 Å². The molecule has 2 aromatic heterocycles. The van der Waals surface area contributed by atoms with Gasteiger partial charge >= 0.3 is 5.97 Å². The third-order valence-corrected chi connectivity index (χ3v) is 5.35. The number of aliphatic carboxylic acids is 1. The number of benzene rings is 3. The molecule has 5 aromatic rings. The second kappa shape index (κ2) is 8.13. The summed E-state index contributed by atoms with van der Waals surface area (Å²) in [6.45, 7) is 0. The number of nitrogens with one attached hydrogen (secondary N) is 3. The molecule has 3 aromatic carbocycles. The predicted molar refractivity (Wildman–Crippen MR) is 124 cm³/mol. The fourth-order valence-electron chi connectivity index (χ4n) is 3.79. The standard InChI is InChI=1S/C23H18N8O3/c24-21(25)13-4-5-17-18(10-13)27-23(26-17)16-7-11(8-19(32)33)6-15(20(16)34)12-2-1-3-14(9-12)22-28-30-31-29-22/h1-7,9-10,34H,8H2,(H3,24,25)(H,26,27)(H,32,33)(H,28,29,30,31). The number of carboxylic acids is 1. The van der Waals surface area contributed by atoms with Gasteiger partial charge in [0.15, 0.2) is 0 Å². The van der Waals surface area contributed by atoms with E-state index in [1.54, 1.807) is 54.6 Å². The van der Waals surface area contributed by atoms with E-state index in [-0.39, 0.29) is 18.0 Å². The Morgan fingerprint density at radius 1 is 1.06 bits per heavy atom. The van der Waals surface area contributed by atoms with Crippen molar-refractivity contribution in [2.45, 2.75) is 6.42 Å². The van der Waals surface area contributed by atoms with Crippen molar-refractivity contribution in [3.05, 3.63) is 65.7 Å². The molecule has 0 amide bonds. The number of nitrogens with two attached hydrogens (primary N) is 1. The summed E-state index contributed by atoms with van der Waals surface area (Å²) in [5.74, 6) is -0.393. The van der Waals surface area contributed by atoms with Gasteiger partial charge in [-0.1, -0.05) is 18.2 Å². The Hall–Kier alpha value is -5.06. The summed E-state index contributed by atoms with van der Waals surface area (Å²) in [6, 6.07) is 15.5. The topological polar surface area (TPSA) is 191 Å². The van der Waals surface area contributed by atoms with Crippen molar-refractivity contribution in [3.63, 3.8) is 0 Å². The number of nitrogen functional groups attached to an aromatic ring is 1. The van der Waals surface area contributed by atoms with Crippen LogP contribution < -0.4 is 5.73 Å². The Kier molecular flexibility index (Phi) is 4.98. The van der Waals surface area contributed by atoms with Crippen LogP contribution in [0.5, 0.6) is 5.75 Å². The van der Waals surface area contributed by atoms with Crippen molar-refractivity contribution in [2.75, 3.05) is 0 Å². The van der Waals surface area contributed by atoms with E-state index in [1.165, 1.54) is 0 Å². The van der Waals surface area contributed by atoms with Gasteiger partial charge in [-0.2, -0.15) is 5.21 Å². The molecule has 0 saturated carbocycles. The van der Waals surface area contributed by atoms with Crippen LogP contribution in [-0.4, -0.2) is 52.6 Å². The fourth-order valence-corrected chi connectivity index (χ4v) is 3.79. The van der Waals surface area contributed by atoms with Gasteiger partial charge in [-0.25, -0.2) is 4.98 Å². The van der Waals surface area contributed by atoms with Crippen LogP contribution in [-0.2, 0) is 11.2 Å². The molecule has 0 aliphatic heterocycles. The first-order valence-electron chi connectivity index (χ1n) is 10.2. The van der Waals surface area contributed by atoms with Crippen molar-refractivity contribution in [3.8, 4) is 39.7 Å². The van der Waals surface area contributed by atoms with Gasteiger partial charge in [-0.3, -0.25) is 10.2 Å². The summed E-state index contributed by atoms with van der Waals surface area (Å²) in [5.41, 5.74) is 9.95. The van der Waals surface area contributed by atoms with Crippen molar-refractivity contribution in [1.29, 1.82) is 5.41 Å². The SMILES string of the molecule is N=C(N)c1ccc2nc(-c3cc(CC(=O)O)cc(-c4cccc(-c5nn[nH]n5)c4)c3O)[nH]c2c1. The molecule has 0 saturated heterocycles. The second-order valence-electron chi connectivity index (χ2n) is 7.66. The summed E-state index contributed by atoms with van der Waals surface area (Å²) in [5, 5.41) is 42.2. The van der Waals surface area contributed by atoms with Gasteiger partial charge in [-0.05, 0) is 52.7 Å². The third kappa shape index (κ3) is 3.81. The molecule has 0 aliphatic carbocycles. The fraction of sp³-hybridized carbons (Fsp3) is 0.0435. The average molecular weight is 454 g/mol. The summed E-state index contributed by atoms with van der Waals surface area (Å²) in [7, 11) is 0. The van der Waals surface area contributed by atoms with Crippen LogP contribution in [0.15, 0.2) is 54.6 Å². The van der Waals surface area contributed by atoms with Crippen LogP contribution in [0, 0.1) is 5.41 Å². The van der Waals surface area contributed by atoms with E-state index in [9.17, 15) is 15.0 Å². The van der Waals surface area contributed by atoms with Crippen LogP contribution in [0.2, 0.25) is 0 Å². The average Bonchev–Trinajstić information content (AvgIpc) is 3.49. The molecular weight excluding hydrogens is 436 g/mol. The number of H-pyrrole nitrogens is 2. The Labute approximate surface area is 191 Å². The van der Waals surface area contributed by atoms with Gasteiger partial charge in [-0.15, -0.1) is 10.2 Å². The van der Waals surface area contributed by atoms with E-state index < -0.39 is 5.97 Å². The molecule has 0 fully saturated rings. The van der Waals surface area contributed by atoms with Gasteiger partial charge in [0, 0.05) is 16.7 Å². The smallest absolute Gasteiger partial charge is 0.307 e. The first-order chi connectivity index (χ1) is 16.4. The molecule has 34 heavy (non-hydrogen) atoms. The van der Waals surface area contributed by atoms with E-state index in [0.717, 1.165) is 0 Å². The Morgan fingerprint density at radius 2 is 1.85 bits per heavy atom. The number of rotatable bonds is 6. The van der Waals surface area contributed by atoms with Gasteiger partial charge in [0.1, 0.15) is 17.4 Å². The Bertz CT molecular complexity index is 1560. The highest BCUT2D eigenvalue weighted by Gasteiger charge is 2.18. The van der Waals surface area contributed by atoms with Gasteiger partial charge < -0.3 is 20.9 Å². The van der Waals surface area contributed by atoms with Crippen LogP contribution >= 0.6 is 0 Å². The molecule has 0 spiro atoms. The van der Waals surface area contributed by atoms with Crippen molar-refractivity contribution >= 4 is 22.8 Å². The monoisotopic (exact) mass is 454 g/mol. The lowest BCUT2D eigenvalue weighted by molar-refractivity contribution is -0.136. The summed E-state index contributed by atoms with van der Waals surface area (Å²) >= 11 is 0. The zero-order valence-electron chi connectivity index (χ0n) is 17.6. The highest BCUT2D eigenvalue weighted by molar-refractivity contribution is 5.98. The number of hydrogen-bond donors (Lipinski definition) is 6. The Balaban J connectivity index is 1.68. The molecule has 2 heterocycles. The normalized spacial score (nSPS) is 11.1. The summed E-state index contributed by atoms with van der Waals surface area (Å²) < 4.78 is 0. The largest absolute Gasteiger partial charge is 0.507 e. The van der Waals surface area contributed by atoms with E-state index in [0.29, 0.717) is 56.1 Å². The van der Waals surface area contributed by atoms with Crippen LogP contribution in [0.4, 0.5) is 0 Å². The van der Waals surface area contributed by atoms with E-state index >= 15 is 0 Å². The van der Waals surface area contributed by atoms with Gasteiger partial charge in [0.2, 0.25) is 5.82 Å². The number of hydrogen-bond acceptors (Lipinski definition) is 7. The molecule has 0 unspecified atom stereocenters. The van der Waals surface area contributed by atoms with Gasteiger partial charge in [0.25, 0.3) is 0 Å². The molecular formula is C23H18N8O3. The number of aromatic hydroxyl groups is 1. The quantitative estimate of drug-likeness (QED) is 0.167. The van der Waals surface area contributed by atoms with Crippen molar-refractivity contribution < 1.29 is 15.0 Å². The molecule has 11 nitrogen and oxygen atoms in total. The van der Waals surface area contributed by atoms with E-state index in [1.807, 2.05) is 0 Å². The number of amidine groups is 1. The predicted octanol–water partition coefficient (Wildman–Crippen LogP) is 2.69. The molecule has 168 valence electrons. The van der Waals surface area contributed by atoms with Crippen molar-refractivity contribution in [2.24, 2.45) is 5.73 Å². The maximum atomic E-state index is 11.5. The number of carbonyl (C=O) groups is 1. The minimum Gasteiger partial charge on any atom is -0.507 e. The zero-order chi connectivity index (χ0) is 23.8. The lowest BCUT2D eigenvalue weighted by Crippen LogP contribution is -2.10. The third-order valence-electron chi connectivity index (χ3n) is 5.35. The molecule has 0 bridgehead atoms. The summed E-state index contributed by atoms with van der Waals surface area (Å²) in [6.07, 6.45) is -0.237. The number of fused-ring (bicyclic) bond motifs is 1. The molecule has 7 N–H and O–H groups in total. The first-order valence-corrected chi connectivity index (χ1v) is 10.2. The van der Waals surface area contributed by atoms with E-state index in [4.69, 9.17) is 11.1 Å². The second-order valence-corrected chi connectivity index (χ2v) is 7.66. The molecule has 11 heteroatoms. The maximum Gasteiger partial charge on any atom is 0.307 e. The minimum absolute atomic E-state index is 0.0646. The number of carboxylic acid groups (broad SMARTS) is 1. The highest BCUT2D eigenvalue weighted by Crippen LogP contribution is 2.40. The number of aromatic amines is 2. The van der Waals surface area contributed by atoms with Crippen LogP contribution in [0.25, 0.3) is 44.9 Å². The van der Waals surface area contributed by atoms with Gasteiger partial charge in [0.05, 0.1) is 23.0 Å². The number of imidazole rings is 1. The molecule has 5 rings (SSSR count). The number of phenols is 1. The highest BCUT2D eigenvalue weighted by atomic mass is 16.4. The maximum absolute atomic E-state index is 11.5. The molecule has 0 radical (unpaired) electrons. The summed E-state index contributed by atoms with van der Waals surface area (Å²) in [4.78, 5) is 19.1. The molecule has 0 atom stereocenters. The first kappa shape index (κ1) is 20.8. The lowest BCUT2D eigenvalue weighted by atomic mass is 9.95. The van der Waals surface area contributed by atoms with Crippen LogP contribution in [0.3, 0.4) is 0 Å². The van der Waals surface area contributed by atoms with Crippen molar-refractivity contribution in [1.82, 2.24) is 30.6 Å². The number of phenolic OH excluding ortho intramolecular Hbond substituents is 1. The minimum atomic E-state index is -1.00. The Morgan fingerprint density at radius 3 is 2.59 bits per heavy atom. The number of nitrogens with zero attached hydrogens (tertiary/aromatic N) is 4. The lowest BCUT2D eigenvalue weighted by Gasteiger charge is -2.12.